The predicted octanol–water partition coefficient (Wildman–Crippen LogP) is 3.26. The highest BCUT2D eigenvalue weighted by Crippen LogP contribution is 2.44. The Hall–Kier alpha value is -1.08. The Balaban J connectivity index is 1.95. The Morgan fingerprint density at radius 2 is 1.87 bits per heavy atom. The average Bonchev–Trinajstić information content (AvgIpc) is 3.32. The molecule has 0 aromatic heterocycles. The molecule has 1 N–H and O–H groups in total. The molecule has 1 saturated heterocycles. The van der Waals surface area contributed by atoms with Crippen molar-refractivity contribution < 1.29 is 21.6 Å². The van der Waals surface area contributed by atoms with Gasteiger partial charge in [-0.3, -0.25) is 0 Å². The third-order valence-electron chi connectivity index (χ3n) is 4.73. The van der Waals surface area contributed by atoms with E-state index in [4.69, 9.17) is 0 Å². The lowest BCUT2D eigenvalue weighted by Crippen LogP contribution is -2.41. The number of benzene rings is 1. The van der Waals surface area contributed by atoms with Gasteiger partial charge >= 0.3 is 6.18 Å². The maximum absolute atomic E-state index is 13.0. The van der Waals surface area contributed by atoms with Crippen LogP contribution in [0.5, 0.6) is 0 Å². The highest BCUT2D eigenvalue weighted by molar-refractivity contribution is 7.92. The predicted molar refractivity (Wildman–Crippen MR) is 80.7 cm³/mol. The summed E-state index contributed by atoms with van der Waals surface area (Å²) in [5.41, 5.74) is -0.908. The number of alkyl halides is 3. The fourth-order valence-electron chi connectivity index (χ4n) is 3.48. The van der Waals surface area contributed by atoms with Crippen LogP contribution in [-0.4, -0.2) is 26.8 Å². The molecule has 1 aromatic rings. The Morgan fingerprint density at radius 3 is 2.43 bits per heavy atom. The molecule has 128 valence electrons. The Bertz CT molecular complexity index is 662. The molecule has 1 aromatic carbocycles. The van der Waals surface area contributed by atoms with Crippen molar-refractivity contribution in [2.24, 2.45) is 11.8 Å². The summed E-state index contributed by atoms with van der Waals surface area (Å²) in [5.74, 6) is 0.0650. The van der Waals surface area contributed by atoms with Gasteiger partial charge in [-0.15, -0.1) is 0 Å². The van der Waals surface area contributed by atoms with Gasteiger partial charge in [-0.1, -0.05) is 6.07 Å². The van der Waals surface area contributed by atoms with Crippen molar-refractivity contribution in [2.75, 3.05) is 13.1 Å². The van der Waals surface area contributed by atoms with E-state index in [2.05, 4.69) is 5.32 Å². The summed E-state index contributed by atoms with van der Waals surface area (Å²) in [6.07, 6.45) is -1.12. The number of halogens is 3. The molecule has 2 unspecified atom stereocenters. The lowest BCUT2D eigenvalue weighted by atomic mass is 9.93. The standard InChI is InChI=1S/C16H20F3NO2S/c17-16(18,19)13-4-1-5-14(9-13)23(21,22)15(11-6-7-11)12-3-2-8-20-10-12/h1,4-5,9,11-12,15,20H,2-3,6-8,10H2. The molecule has 3 nitrogen and oxygen atoms in total. The third-order valence-corrected chi connectivity index (χ3v) is 7.13. The molecular formula is C16H20F3NO2S. The molecule has 1 aliphatic carbocycles. The largest absolute Gasteiger partial charge is 0.416 e. The minimum absolute atomic E-state index is 0.0178. The lowest BCUT2D eigenvalue weighted by Gasteiger charge is -2.30. The molecule has 0 bridgehead atoms. The second-order valence-electron chi connectivity index (χ2n) is 6.48. The summed E-state index contributed by atoms with van der Waals surface area (Å²) in [6, 6.07) is 4.16. The lowest BCUT2D eigenvalue weighted by molar-refractivity contribution is -0.137. The van der Waals surface area contributed by atoms with E-state index in [1.165, 1.54) is 12.1 Å². The normalized spacial score (nSPS) is 24.4. The summed E-state index contributed by atoms with van der Waals surface area (Å²) >= 11 is 0. The van der Waals surface area contributed by atoms with Crippen molar-refractivity contribution in [2.45, 2.75) is 42.0 Å². The number of hydrogen-bond acceptors (Lipinski definition) is 3. The first-order chi connectivity index (χ1) is 10.8. The molecular weight excluding hydrogens is 327 g/mol. The molecule has 7 heteroatoms. The first-order valence-corrected chi connectivity index (χ1v) is 9.46. The van der Waals surface area contributed by atoms with Crippen molar-refractivity contribution in [3.63, 3.8) is 0 Å². The van der Waals surface area contributed by atoms with Crippen LogP contribution in [0.4, 0.5) is 13.2 Å². The van der Waals surface area contributed by atoms with E-state index in [0.717, 1.165) is 44.4 Å². The average molecular weight is 347 g/mol. The minimum Gasteiger partial charge on any atom is -0.316 e. The zero-order chi connectivity index (χ0) is 16.7. The topological polar surface area (TPSA) is 46.2 Å². The number of nitrogens with one attached hydrogen (secondary N) is 1. The molecule has 2 aliphatic rings. The number of hydrogen-bond donors (Lipinski definition) is 1. The molecule has 0 radical (unpaired) electrons. The molecule has 1 heterocycles. The maximum atomic E-state index is 13.0. The summed E-state index contributed by atoms with van der Waals surface area (Å²) in [4.78, 5) is -0.199. The molecule has 0 amide bonds. The van der Waals surface area contributed by atoms with Crippen LogP contribution in [0.3, 0.4) is 0 Å². The van der Waals surface area contributed by atoms with Gasteiger partial charge in [0.15, 0.2) is 9.84 Å². The van der Waals surface area contributed by atoms with Crippen LogP contribution in [0.25, 0.3) is 0 Å². The van der Waals surface area contributed by atoms with Crippen LogP contribution in [0, 0.1) is 11.8 Å². The molecule has 1 aliphatic heterocycles. The molecule has 2 atom stereocenters. The molecule has 1 saturated carbocycles. The SMILES string of the molecule is O=S(=O)(c1cccc(C(F)(F)F)c1)C(C1CC1)C1CCCNC1. The monoisotopic (exact) mass is 347 g/mol. The quantitative estimate of drug-likeness (QED) is 0.909. The smallest absolute Gasteiger partial charge is 0.316 e. The fraction of sp³-hybridized carbons (Fsp3) is 0.625. The minimum atomic E-state index is -4.53. The first-order valence-electron chi connectivity index (χ1n) is 7.92. The van der Waals surface area contributed by atoms with Gasteiger partial charge in [0.05, 0.1) is 15.7 Å². The summed E-state index contributed by atoms with van der Waals surface area (Å²) in [6.45, 7) is 1.50. The molecule has 2 fully saturated rings. The van der Waals surface area contributed by atoms with Gasteiger partial charge < -0.3 is 5.32 Å². The van der Waals surface area contributed by atoms with E-state index >= 15 is 0 Å². The zero-order valence-electron chi connectivity index (χ0n) is 12.6. The van der Waals surface area contributed by atoms with Crippen molar-refractivity contribution in [3.05, 3.63) is 29.8 Å². The Morgan fingerprint density at radius 1 is 1.13 bits per heavy atom. The van der Waals surface area contributed by atoms with E-state index in [1.54, 1.807) is 0 Å². The maximum Gasteiger partial charge on any atom is 0.416 e. The summed E-state index contributed by atoms with van der Waals surface area (Å²) in [5, 5.41) is 2.64. The Kier molecular flexibility index (Phi) is 4.44. The number of piperidine rings is 1. The molecule has 0 spiro atoms. The van der Waals surface area contributed by atoms with Crippen molar-refractivity contribution in [3.8, 4) is 0 Å². The van der Waals surface area contributed by atoms with E-state index in [1.807, 2.05) is 0 Å². The van der Waals surface area contributed by atoms with Gasteiger partial charge in [-0.05, 0) is 68.8 Å². The summed E-state index contributed by atoms with van der Waals surface area (Å²) < 4.78 is 64.6. The van der Waals surface area contributed by atoms with Crippen LogP contribution in [0.1, 0.15) is 31.2 Å². The van der Waals surface area contributed by atoms with E-state index < -0.39 is 26.8 Å². The van der Waals surface area contributed by atoms with Gasteiger partial charge in [-0.25, -0.2) is 8.42 Å². The van der Waals surface area contributed by atoms with Crippen LogP contribution in [-0.2, 0) is 16.0 Å². The molecule has 23 heavy (non-hydrogen) atoms. The number of sulfone groups is 1. The van der Waals surface area contributed by atoms with Crippen LogP contribution in [0.2, 0.25) is 0 Å². The second-order valence-corrected chi connectivity index (χ2v) is 8.58. The molecule has 3 rings (SSSR count). The van der Waals surface area contributed by atoms with Crippen LogP contribution >= 0.6 is 0 Å². The van der Waals surface area contributed by atoms with Gasteiger partial charge in [0.2, 0.25) is 0 Å². The highest BCUT2D eigenvalue weighted by atomic mass is 32.2. The van der Waals surface area contributed by atoms with E-state index in [-0.39, 0.29) is 16.7 Å². The van der Waals surface area contributed by atoms with Crippen molar-refractivity contribution in [1.82, 2.24) is 5.32 Å². The summed E-state index contributed by atoms with van der Waals surface area (Å²) in [7, 11) is -3.76. The van der Waals surface area contributed by atoms with Crippen molar-refractivity contribution in [1.29, 1.82) is 0 Å². The van der Waals surface area contributed by atoms with Crippen LogP contribution < -0.4 is 5.32 Å². The number of rotatable bonds is 4. The van der Waals surface area contributed by atoms with Crippen molar-refractivity contribution >= 4 is 9.84 Å². The zero-order valence-corrected chi connectivity index (χ0v) is 13.5. The third kappa shape index (κ3) is 3.55. The van der Waals surface area contributed by atoms with Gasteiger partial charge in [0, 0.05) is 0 Å². The highest BCUT2D eigenvalue weighted by Gasteiger charge is 2.46. The van der Waals surface area contributed by atoms with E-state index in [9.17, 15) is 21.6 Å². The first kappa shape index (κ1) is 16.8. The second kappa shape index (κ2) is 6.09. The van der Waals surface area contributed by atoms with Gasteiger partial charge in [0.25, 0.3) is 0 Å². The Labute approximate surface area is 134 Å². The van der Waals surface area contributed by atoms with Crippen LogP contribution in [0.15, 0.2) is 29.2 Å². The van der Waals surface area contributed by atoms with Gasteiger partial charge in [0.1, 0.15) is 0 Å². The van der Waals surface area contributed by atoms with E-state index in [0.29, 0.717) is 6.54 Å². The van der Waals surface area contributed by atoms with Gasteiger partial charge in [-0.2, -0.15) is 13.2 Å². The fourth-order valence-corrected chi connectivity index (χ4v) is 5.87.